The van der Waals surface area contributed by atoms with Crippen molar-refractivity contribution in [2.45, 2.75) is 79.9 Å². The van der Waals surface area contributed by atoms with E-state index in [1.54, 1.807) is 0 Å². The van der Waals surface area contributed by atoms with Gasteiger partial charge in [0.05, 0.1) is 0 Å². The van der Waals surface area contributed by atoms with Gasteiger partial charge >= 0.3 is 53.7 Å². The fourth-order valence-electron chi connectivity index (χ4n) is 3.36. The average Bonchev–Trinajstić information content (AvgIpc) is 2.74. The molecule has 0 spiro atoms. The van der Waals surface area contributed by atoms with Gasteiger partial charge < -0.3 is 9.84 Å². The van der Waals surface area contributed by atoms with Gasteiger partial charge in [-0.2, -0.15) is 65.9 Å². The third-order valence-electron chi connectivity index (χ3n) is 5.39. The van der Waals surface area contributed by atoms with Crippen LogP contribution < -0.4 is 0 Å². The number of hydrogen-bond donors (Lipinski definition) is 1. The lowest BCUT2D eigenvalue weighted by Gasteiger charge is -2.44. The highest BCUT2D eigenvalue weighted by molar-refractivity contribution is 5.90. The molecule has 0 heterocycles. The number of carboxylic acids is 1. The molecule has 0 saturated heterocycles. The van der Waals surface area contributed by atoms with E-state index in [-0.39, 0.29) is 31.4 Å². The average molecular weight is 580 g/mol. The molecule has 0 aliphatic heterocycles. The van der Waals surface area contributed by atoms with E-state index in [1.165, 1.54) is 0 Å². The Kier molecular flexibility index (Phi) is 8.89. The number of rotatable bonds is 10. The number of esters is 1. The molecule has 0 aromatic carbocycles. The van der Waals surface area contributed by atoms with Gasteiger partial charge in [0, 0.05) is 18.1 Å². The van der Waals surface area contributed by atoms with Crippen LogP contribution in [0.2, 0.25) is 0 Å². The maximum Gasteiger partial charge on any atom is 0.460 e. The minimum atomic E-state index is -8.46. The molecule has 0 radical (unpaired) electrons. The molecule has 0 bridgehead atoms. The Balaban J connectivity index is 3.65. The first-order valence-electron chi connectivity index (χ1n) is 9.76. The number of alkyl halides is 15. The van der Waals surface area contributed by atoms with E-state index in [1.807, 2.05) is 0 Å². The predicted molar refractivity (Wildman–Crippen MR) is 89.0 cm³/mol. The largest absolute Gasteiger partial charge is 0.478 e. The summed E-state index contributed by atoms with van der Waals surface area (Å²) < 4.78 is 207. The fraction of sp³-hybridized carbons (Fsp3) is 0.778. The van der Waals surface area contributed by atoms with E-state index in [0.717, 1.165) is 0 Å². The summed E-state index contributed by atoms with van der Waals surface area (Å²) in [6, 6.07) is 0. The first-order valence-corrected chi connectivity index (χ1v) is 9.76. The number of carboxylic acid groups (broad SMARTS) is 1. The normalized spacial score (nSPS) is 18.7. The lowest BCUT2D eigenvalue weighted by molar-refractivity contribution is -0.456. The molecule has 4 nitrogen and oxygen atoms in total. The molecule has 1 saturated carbocycles. The molecule has 1 aliphatic carbocycles. The molecule has 1 fully saturated rings. The number of aliphatic carboxylic acids is 1. The van der Waals surface area contributed by atoms with E-state index >= 15 is 0 Å². The van der Waals surface area contributed by atoms with Crippen LogP contribution in [0.4, 0.5) is 65.9 Å². The summed E-state index contributed by atoms with van der Waals surface area (Å²) in [6.07, 6.45) is -13.1. The summed E-state index contributed by atoms with van der Waals surface area (Å²) in [5.41, 5.74) is 0. The van der Waals surface area contributed by atoms with Crippen molar-refractivity contribution in [1.82, 2.24) is 0 Å². The summed E-state index contributed by atoms with van der Waals surface area (Å²) in [5, 5.41) is 8.37. The van der Waals surface area contributed by atoms with Crippen LogP contribution in [0.1, 0.15) is 32.1 Å². The zero-order valence-electron chi connectivity index (χ0n) is 17.7. The van der Waals surface area contributed by atoms with Crippen molar-refractivity contribution < 1.29 is 85.3 Å². The third-order valence-corrected chi connectivity index (χ3v) is 5.39. The van der Waals surface area contributed by atoms with Crippen LogP contribution in [0.15, 0.2) is 12.2 Å². The molecule has 0 aromatic heterocycles. The molecular formula is C18H15F15O4. The lowest BCUT2D eigenvalue weighted by atomic mass is 9.79. The van der Waals surface area contributed by atoms with Crippen LogP contribution in [-0.2, 0) is 14.3 Å². The molecule has 1 atom stereocenters. The summed E-state index contributed by atoms with van der Waals surface area (Å²) in [5.74, 6) is -54.1. The Labute approximate surface area is 196 Å². The van der Waals surface area contributed by atoms with Crippen molar-refractivity contribution in [2.75, 3.05) is 0 Å². The highest BCUT2D eigenvalue weighted by Crippen LogP contribution is 2.63. The SMILES string of the molecule is O=C(O)/C=C/C(=O)OC(C1CCCCC1)C(F)(F)C(F)(F)C(F)(F)C(F)(F)C(F)(F)C(F)(F)C(F)(F)F. The molecule has 1 aliphatic rings. The van der Waals surface area contributed by atoms with Crippen LogP contribution in [0.3, 0.4) is 0 Å². The zero-order chi connectivity index (χ0) is 29.5. The van der Waals surface area contributed by atoms with E-state index in [0.29, 0.717) is 0 Å². The topological polar surface area (TPSA) is 63.6 Å². The van der Waals surface area contributed by atoms with Gasteiger partial charge in [0.2, 0.25) is 0 Å². The first-order chi connectivity index (χ1) is 16.3. The van der Waals surface area contributed by atoms with Crippen LogP contribution in [0, 0.1) is 5.92 Å². The Morgan fingerprint density at radius 1 is 0.649 bits per heavy atom. The second kappa shape index (κ2) is 10.1. The maximum atomic E-state index is 14.7. The van der Waals surface area contributed by atoms with Crippen molar-refractivity contribution in [3.05, 3.63) is 12.2 Å². The molecule has 19 heteroatoms. The number of halogens is 15. The fourth-order valence-corrected chi connectivity index (χ4v) is 3.36. The number of hydrogen-bond acceptors (Lipinski definition) is 3. The number of carbonyl (C=O) groups is 2. The van der Waals surface area contributed by atoms with Gasteiger partial charge in [-0.15, -0.1) is 0 Å². The second-order valence-corrected chi connectivity index (χ2v) is 7.92. The van der Waals surface area contributed by atoms with E-state index in [9.17, 15) is 75.4 Å². The maximum absolute atomic E-state index is 14.7. The Morgan fingerprint density at radius 2 is 1.05 bits per heavy atom. The van der Waals surface area contributed by atoms with E-state index in [4.69, 9.17) is 5.11 Å². The first kappa shape index (κ1) is 32.7. The lowest BCUT2D eigenvalue weighted by Crippen LogP contribution is -2.74. The van der Waals surface area contributed by atoms with Crippen LogP contribution in [0.5, 0.6) is 0 Å². The van der Waals surface area contributed by atoms with Gasteiger partial charge in [0.1, 0.15) is 0 Å². The minimum Gasteiger partial charge on any atom is -0.478 e. The Morgan fingerprint density at radius 3 is 1.46 bits per heavy atom. The monoisotopic (exact) mass is 580 g/mol. The smallest absolute Gasteiger partial charge is 0.460 e. The Hall–Kier alpha value is -2.37. The van der Waals surface area contributed by atoms with Crippen molar-refractivity contribution in [2.24, 2.45) is 5.92 Å². The molecule has 1 N–H and O–H groups in total. The van der Waals surface area contributed by atoms with Crippen LogP contribution >= 0.6 is 0 Å². The summed E-state index contributed by atoms with van der Waals surface area (Å²) in [6.45, 7) is 0. The van der Waals surface area contributed by atoms with Crippen LogP contribution in [-0.4, -0.2) is 64.9 Å². The minimum absolute atomic E-state index is 0.112. The molecule has 216 valence electrons. The summed E-state index contributed by atoms with van der Waals surface area (Å²) in [4.78, 5) is 22.0. The Bertz CT molecular complexity index is 873. The molecule has 0 amide bonds. The molecule has 1 rings (SSSR count). The van der Waals surface area contributed by atoms with Gasteiger partial charge in [0.25, 0.3) is 0 Å². The standard InChI is InChI=1S/C18H15F15O4/c19-12(20,11(8-4-2-1-3-5-8)37-10(36)7-6-9(34)35)13(21,22)14(23,24)15(25,26)16(27,28)17(29,30)18(31,32)33/h6-8,11H,1-5H2,(H,34,35)/b7-6+. The van der Waals surface area contributed by atoms with Crippen LogP contribution in [0.25, 0.3) is 0 Å². The van der Waals surface area contributed by atoms with Gasteiger partial charge in [-0.25, -0.2) is 9.59 Å². The van der Waals surface area contributed by atoms with E-state index in [2.05, 4.69) is 4.74 Å². The second-order valence-electron chi connectivity index (χ2n) is 7.92. The molecule has 37 heavy (non-hydrogen) atoms. The summed E-state index contributed by atoms with van der Waals surface area (Å²) >= 11 is 0. The van der Waals surface area contributed by atoms with Gasteiger partial charge in [-0.05, 0) is 12.8 Å². The summed E-state index contributed by atoms with van der Waals surface area (Å²) in [7, 11) is 0. The highest BCUT2D eigenvalue weighted by Gasteiger charge is 2.94. The van der Waals surface area contributed by atoms with E-state index < -0.39 is 78.5 Å². The molecule has 1 unspecified atom stereocenters. The third kappa shape index (κ3) is 5.44. The zero-order valence-corrected chi connectivity index (χ0v) is 17.7. The van der Waals surface area contributed by atoms with Crippen molar-refractivity contribution in [3.63, 3.8) is 0 Å². The predicted octanol–water partition coefficient (Wildman–Crippen LogP) is 6.49. The molecular weight excluding hydrogens is 565 g/mol. The van der Waals surface area contributed by atoms with Crippen molar-refractivity contribution >= 4 is 11.9 Å². The van der Waals surface area contributed by atoms with Gasteiger partial charge in [0.15, 0.2) is 6.10 Å². The number of ether oxygens (including phenoxy) is 1. The van der Waals surface area contributed by atoms with Gasteiger partial charge in [-0.3, -0.25) is 0 Å². The quantitative estimate of drug-likeness (QED) is 0.182. The number of carbonyl (C=O) groups excluding carboxylic acids is 1. The highest BCUT2D eigenvalue weighted by atomic mass is 19.4. The van der Waals surface area contributed by atoms with Crippen molar-refractivity contribution in [3.8, 4) is 0 Å². The molecule has 0 aromatic rings. The van der Waals surface area contributed by atoms with Crippen molar-refractivity contribution in [1.29, 1.82) is 0 Å². The van der Waals surface area contributed by atoms with Gasteiger partial charge in [-0.1, -0.05) is 19.3 Å².